The molecule has 106 valence electrons. The first-order chi connectivity index (χ1) is 8.50. The number of nitrogens with zero attached hydrogens (tertiary/aromatic N) is 1. The van der Waals surface area contributed by atoms with Crippen LogP contribution >= 0.6 is 11.8 Å². The van der Waals surface area contributed by atoms with E-state index in [0.717, 1.165) is 12.8 Å². The third kappa shape index (κ3) is 4.40. The summed E-state index contributed by atoms with van der Waals surface area (Å²) in [6.07, 6.45) is 4.56. The average Bonchev–Trinajstić information content (AvgIpc) is 2.41. The van der Waals surface area contributed by atoms with Crippen molar-refractivity contribution in [1.82, 2.24) is 5.32 Å². The van der Waals surface area contributed by atoms with Crippen LogP contribution in [0.5, 0.6) is 0 Å². The number of amides is 1. The van der Waals surface area contributed by atoms with Gasteiger partial charge in [0.1, 0.15) is 0 Å². The van der Waals surface area contributed by atoms with E-state index in [4.69, 9.17) is 10.9 Å². The van der Waals surface area contributed by atoms with Crippen LogP contribution < -0.4 is 11.1 Å². The van der Waals surface area contributed by atoms with E-state index in [-0.39, 0.29) is 16.5 Å². The predicted octanol–water partition coefficient (Wildman–Crippen LogP) is 1.80. The first-order valence-corrected chi connectivity index (χ1v) is 7.52. The second-order valence-electron chi connectivity index (χ2n) is 4.30. The maximum Gasteiger partial charge on any atom is 0.230 e. The zero-order valence-electron chi connectivity index (χ0n) is 11.7. The second-order valence-corrected chi connectivity index (χ2v) is 5.57. The minimum absolute atomic E-state index is 0.0299. The van der Waals surface area contributed by atoms with Crippen LogP contribution in [0.2, 0.25) is 0 Å². The van der Waals surface area contributed by atoms with Gasteiger partial charge in [0, 0.05) is 11.3 Å². The molecule has 0 heterocycles. The zero-order valence-corrected chi connectivity index (χ0v) is 12.5. The summed E-state index contributed by atoms with van der Waals surface area (Å²) in [7, 11) is 0. The van der Waals surface area contributed by atoms with Crippen LogP contribution in [-0.4, -0.2) is 34.5 Å². The highest BCUT2D eigenvalue weighted by Gasteiger charge is 2.28. The van der Waals surface area contributed by atoms with Crippen molar-refractivity contribution in [3.05, 3.63) is 0 Å². The number of nitrogens with two attached hydrogens (primary N) is 1. The molecule has 0 spiro atoms. The van der Waals surface area contributed by atoms with Gasteiger partial charge >= 0.3 is 0 Å². The highest BCUT2D eigenvalue weighted by atomic mass is 32.2. The Morgan fingerprint density at radius 3 is 2.33 bits per heavy atom. The monoisotopic (exact) mass is 275 g/mol. The number of rotatable bonds is 8. The van der Waals surface area contributed by atoms with Crippen molar-refractivity contribution < 1.29 is 10.0 Å². The lowest BCUT2D eigenvalue weighted by Crippen LogP contribution is -2.45. The van der Waals surface area contributed by atoms with Gasteiger partial charge in [-0.15, -0.1) is 0 Å². The first kappa shape index (κ1) is 17.1. The van der Waals surface area contributed by atoms with Crippen molar-refractivity contribution in [2.24, 2.45) is 16.8 Å². The van der Waals surface area contributed by atoms with Gasteiger partial charge in [-0.3, -0.25) is 4.79 Å². The van der Waals surface area contributed by atoms with Gasteiger partial charge in [-0.25, -0.2) is 0 Å². The molecule has 1 atom stereocenters. The number of thioether (sulfide) groups is 1. The molecule has 0 aromatic carbocycles. The van der Waals surface area contributed by atoms with Gasteiger partial charge in [-0.1, -0.05) is 25.9 Å². The largest absolute Gasteiger partial charge is 0.409 e. The maximum atomic E-state index is 12.0. The van der Waals surface area contributed by atoms with Gasteiger partial charge in [0.25, 0.3) is 0 Å². The second kappa shape index (κ2) is 8.24. The molecule has 6 heteroatoms. The minimum atomic E-state index is -0.553. The third-order valence-corrected chi connectivity index (χ3v) is 5.09. The highest BCUT2D eigenvalue weighted by Crippen LogP contribution is 2.29. The van der Waals surface area contributed by atoms with Crippen molar-refractivity contribution in [2.75, 3.05) is 12.8 Å². The number of carbonyl (C=O) groups excluding carboxylic acids is 1. The lowest BCUT2D eigenvalue weighted by atomic mass is 10.0. The summed E-state index contributed by atoms with van der Waals surface area (Å²) < 4.78 is 0.0685. The lowest BCUT2D eigenvalue weighted by Gasteiger charge is -2.30. The summed E-state index contributed by atoms with van der Waals surface area (Å²) in [4.78, 5) is 12.0. The van der Waals surface area contributed by atoms with E-state index in [2.05, 4.69) is 30.6 Å². The van der Waals surface area contributed by atoms with Crippen molar-refractivity contribution in [1.29, 1.82) is 0 Å². The van der Waals surface area contributed by atoms with Gasteiger partial charge in [0.05, 0.1) is 5.92 Å². The highest BCUT2D eigenvalue weighted by molar-refractivity contribution is 8.00. The number of oxime groups is 1. The Morgan fingerprint density at radius 2 is 2.00 bits per heavy atom. The molecule has 0 aliphatic carbocycles. The fraction of sp³-hybridized carbons (Fsp3) is 0.833. The third-order valence-electron chi connectivity index (χ3n) is 3.50. The smallest absolute Gasteiger partial charge is 0.230 e. The molecule has 0 radical (unpaired) electrons. The van der Waals surface area contributed by atoms with Crippen LogP contribution in [0.25, 0.3) is 0 Å². The van der Waals surface area contributed by atoms with Crippen LogP contribution in [0.1, 0.15) is 40.0 Å². The van der Waals surface area contributed by atoms with E-state index >= 15 is 0 Å². The number of amidine groups is 1. The zero-order chi connectivity index (χ0) is 14.2. The SMILES string of the molecule is CCC(C(=O)NCC(CC)(CC)SC)C(N)=NO. The Kier molecular flexibility index (Phi) is 7.82. The van der Waals surface area contributed by atoms with Gasteiger partial charge < -0.3 is 16.3 Å². The molecular formula is C12H25N3O2S. The molecule has 0 aliphatic rings. The van der Waals surface area contributed by atoms with Crippen LogP contribution in [0.3, 0.4) is 0 Å². The van der Waals surface area contributed by atoms with E-state index in [1.165, 1.54) is 0 Å². The molecule has 4 N–H and O–H groups in total. The standard InChI is InChI=1S/C12H25N3O2S/c1-5-9(10(13)15-17)11(16)14-8-12(6-2,7-3)18-4/h9,17H,5-8H2,1-4H3,(H2,13,15)(H,14,16). The predicted molar refractivity (Wildman–Crippen MR) is 77.0 cm³/mol. The van der Waals surface area contributed by atoms with E-state index in [9.17, 15) is 4.79 Å². The van der Waals surface area contributed by atoms with Crippen molar-refractivity contribution in [3.63, 3.8) is 0 Å². The molecule has 0 aliphatic heterocycles. The lowest BCUT2D eigenvalue weighted by molar-refractivity contribution is -0.123. The Balaban J connectivity index is 4.57. The average molecular weight is 275 g/mol. The van der Waals surface area contributed by atoms with Gasteiger partial charge in [-0.05, 0) is 25.5 Å². The van der Waals surface area contributed by atoms with E-state index in [0.29, 0.717) is 13.0 Å². The van der Waals surface area contributed by atoms with Gasteiger partial charge in [0.15, 0.2) is 5.84 Å². The molecule has 0 aromatic rings. The topological polar surface area (TPSA) is 87.7 Å². The maximum absolute atomic E-state index is 12.0. The summed E-state index contributed by atoms with van der Waals surface area (Å²) in [5, 5.41) is 14.5. The summed E-state index contributed by atoms with van der Waals surface area (Å²) in [6, 6.07) is 0. The molecule has 0 aromatic heterocycles. The Hall–Kier alpha value is -0.910. The summed E-state index contributed by atoms with van der Waals surface area (Å²) in [5.41, 5.74) is 5.50. The molecule has 18 heavy (non-hydrogen) atoms. The molecule has 0 saturated carbocycles. The number of hydrogen-bond donors (Lipinski definition) is 3. The van der Waals surface area contributed by atoms with Gasteiger partial charge in [-0.2, -0.15) is 11.8 Å². The molecule has 1 unspecified atom stereocenters. The van der Waals surface area contributed by atoms with Crippen molar-refractivity contribution in [2.45, 2.75) is 44.8 Å². The van der Waals surface area contributed by atoms with Crippen molar-refractivity contribution >= 4 is 23.5 Å². The summed E-state index contributed by atoms with van der Waals surface area (Å²) in [6.45, 7) is 6.68. The Bertz CT molecular complexity index is 283. The molecule has 5 nitrogen and oxygen atoms in total. The van der Waals surface area contributed by atoms with Crippen molar-refractivity contribution in [3.8, 4) is 0 Å². The van der Waals surface area contributed by atoms with Crippen LogP contribution in [0.4, 0.5) is 0 Å². The first-order valence-electron chi connectivity index (χ1n) is 6.30. The van der Waals surface area contributed by atoms with Crippen LogP contribution in [0, 0.1) is 5.92 Å². The van der Waals surface area contributed by atoms with Gasteiger partial charge in [0.2, 0.25) is 5.91 Å². The molecule has 0 rings (SSSR count). The Morgan fingerprint density at radius 1 is 1.44 bits per heavy atom. The fourth-order valence-electron chi connectivity index (χ4n) is 1.83. The van der Waals surface area contributed by atoms with Crippen LogP contribution in [-0.2, 0) is 4.79 Å². The minimum Gasteiger partial charge on any atom is -0.409 e. The molecule has 0 bridgehead atoms. The number of nitrogens with one attached hydrogen (secondary N) is 1. The number of hydrogen-bond acceptors (Lipinski definition) is 4. The Labute approximate surface area is 114 Å². The molecule has 0 saturated heterocycles. The summed E-state index contributed by atoms with van der Waals surface area (Å²) >= 11 is 1.77. The number of carbonyl (C=O) groups is 1. The fourth-order valence-corrected chi connectivity index (χ4v) is 2.62. The normalized spacial score (nSPS) is 14.3. The summed E-state index contributed by atoms with van der Waals surface area (Å²) in [5.74, 6) is -0.755. The van der Waals surface area contributed by atoms with E-state index in [1.807, 2.05) is 6.92 Å². The molecule has 0 fully saturated rings. The van der Waals surface area contributed by atoms with E-state index in [1.54, 1.807) is 11.8 Å². The van der Waals surface area contributed by atoms with E-state index < -0.39 is 5.92 Å². The molecular weight excluding hydrogens is 250 g/mol. The quantitative estimate of drug-likeness (QED) is 0.273. The molecule has 1 amide bonds. The van der Waals surface area contributed by atoms with Crippen LogP contribution in [0.15, 0.2) is 5.16 Å².